The van der Waals surface area contributed by atoms with Crippen LogP contribution in [0.2, 0.25) is 0 Å². The van der Waals surface area contributed by atoms with E-state index in [1.165, 1.54) is 86.1 Å². The highest BCUT2D eigenvalue weighted by Gasteiger charge is 2.41. The molecule has 0 saturated carbocycles. The van der Waals surface area contributed by atoms with Crippen molar-refractivity contribution < 1.29 is 4.42 Å². The molecule has 8 heteroatoms. The maximum atomic E-state index is 6.35. The van der Waals surface area contributed by atoms with E-state index in [-0.39, 0.29) is 10.8 Å². The molecule has 0 unspecified atom stereocenters. The van der Waals surface area contributed by atoms with E-state index in [9.17, 15) is 0 Å². The monoisotopic (exact) mass is 1220 g/mol. The van der Waals surface area contributed by atoms with E-state index in [0.29, 0.717) is 0 Å². The Bertz CT molecular complexity index is 5810. The van der Waals surface area contributed by atoms with Crippen LogP contribution < -0.4 is 0 Å². The van der Waals surface area contributed by atoms with Crippen molar-refractivity contribution in [2.45, 2.75) is 38.5 Å². The average Bonchev–Trinajstić information content (AvgIpc) is 1.57. The number of para-hydroxylation sites is 3. The molecule has 6 heterocycles. The molecule has 18 aromatic rings. The van der Waals surface area contributed by atoms with Gasteiger partial charge in [0, 0.05) is 125 Å². The summed E-state index contributed by atoms with van der Waals surface area (Å²) < 4.78 is 13.7. The quantitative estimate of drug-likeness (QED) is 0.166. The van der Waals surface area contributed by atoms with Crippen molar-refractivity contribution in [2.24, 2.45) is 0 Å². The lowest BCUT2D eigenvalue weighted by atomic mass is 9.81. The third-order valence-corrected chi connectivity index (χ3v) is 21.1. The number of benzene rings is 12. The second-order valence-electron chi connectivity index (χ2n) is 26.0. The van der Waals surface area contributed by atoms with Crippen molar-refractivity contribution in [3.63, 3.8) is 0 Å². The zero-order valence-corrected chi connectivity index (χ0v) is 52.9. The number of fused-ring (bicyclic) bond motifs is 18. The van der Waals surface area contributed by atoms with Gasteiger partial charge in [-0.15, -0.1) is 11.3 Å². The predicted molar refractivity (Wildman–Crippen MR) is 390 cm³/mol. The van der Waals surface area contributed by atoms with Gasteiger partial charge >= 0.3 is 0 Å². The molecule has 0 atom stereocenters. The maximum Gasteiger partial charge on any atom is 0.160 e. The van der Waals surface area contributed by atoms with Crippen LogP contribution in [-0.4, -0.2) is 29.1 Å². The average molecular weight is 1220 g/mol. The van der Waals surface area contributed by atoms with Crippen molar-refractivity contribution in [3.8, 4) is 79.2 Å². The molecular formula is C86H58N6OS. The van der Waals surface area contributed by atoms with Crippen LogP contribution in [0.25, 0.3) is 165 Å². The smallest absolute Gasteiger partial charge is 0.160 e. The van der Waals surface area contributed by atoms with E-state index in [1.807, 2.05) is 23.5 Å². The first-order chi connectivity index (χ1) is 46.1. The third kappa shape index (κ3) is 8.09. The van der Waals surface area contributed by atoms with Crippen LogP contribution in [0.3, 0.4) is 0 Å². The Morgan fingerprint density at radius 3 is 1.30 bits per heavy atom. The van der Waals surface area contributed by atoms with E-state index in [2.05, 4.69) is 304 Å². The van der Waals surface area contributed by atoms with Crippen LogP contribution >= 0.6 is 11.3 Å². The lowest BCUT2D eigenvalue weighted by Gasteiger charge is -2.23. The first kappa shape index (κ1) is 54.2. The molecule has 0 saturated heterocycles. The molecule has 12 aromatic carbocycles. The highest BCUT2D eigenvalue weighted by molar-refractivity contribution is 7.25. The summed E-state index contributed by atoms with van der Waals surface area (Å²) in [5, 5.41) is 9.83. The molecule has 0 bridgehead atoms. The summed E-state index contributed by atoms with van der Waals surface area (Å²) in [4.78, 5) is 21.4. The van der Waals surface area contributed by atoms with Crippen LogP contribution in [0.15, 0.2) is 283 Å². The fourth-order valence-electron chi connectivity index (χ4n) is 15.6. The van der Waals surface area contributed by atoms with Crippen LogP contribution in [0.4, 0.5) is 0 Å². The Balaban J connectivity index is 0.000000133. The lowest BCUT2D eigenvalue weighted by Crippen LogP contribution is -2.17. The van der Waals surface area contributed by atoms with Gasteiger partial charge in [-0.05, 0) is 77.9 Å². The minimum absolute atomic E-state index is 0.210. The summed E-state index contributed by atoms with van der Waals surface area (Å²) in [6.07, 6.45) is 0. The molecular weight excluding hydrogens is 1170 g/mol. The molecule has 2 aliphatic rings. The summed E-state index contributed by atoms with van der Waals surface area (Å²) in [6, 6.07) is 99.4. The second-order valence-corrected chi connectivity index (χ2v) is 27.1. The second kappa shape index (κ2) is 20.5. The van der Waals surface area contributed by atoms with Crippen LogP contribution in [0.1, 0.15) is 49.9 Å². The molecule has 0 amide bonds. The SMILES string of the molecule is CC1(C)c2ccccc2-c2nc(-c3cccc(-n4c5ccccc5c5cc6c(cc54)oc4ccccc46)c3)nc(-c3ccccc3)c21.CC1(C)c2ccccc2-c2nc(-c3cccc(-n4c5ccccc5c5cc6c(cc54)sc4ccccc46)c3)nc(-c3ccccc3)c21. The number of hydrogen-bond acceptors (Lipinski definition) is 6. The van der Waals surface area contributed by atoms with Gasteiger partial charge in [0.05, 0.1) is 44.8 Å². The number of aromatic nitrogens is 6. The van der Waals surface area contributed by atoms with Gasteiger partial charge in [0.1, 0.15) is 11.2 Å². The molecule has 0 aliphatic heterocycles. The van der Waals surface area contributed by atoms with E-state index in [4.69, 9.17) is 24.4 Å². The number of nitrogens with zero attached hydrogens (tertiary/aromatic N) is 6. The first-order valence-corrected chi connectivity index (χ1v) is 33.0. The summed E-state index contributed by atoms with van der Waals surface area (Å²) >= 11 is 1.86. The van der Waals surface area contributed by atoms with Crippen LogP contribution in [0, 0.1) is 0 Å². The Hall–Kier alpha value is -11.6. The standard InChI is InChI=1S/C43H29N3O.C43H29N3S/c2*1-43(2)34-20-9-6-19-31(34)41-39(43)40(26-13-4-3-5-14-26)44-42(45-41)27-15-12-16-28(23-27)46-35-21-10-7-17-29(35)32-24-33-30-18-8-11-22-37(30)47-38(33)25-36(32)46/h2*3-25H,1-2H3. The van der Waals surface area contributed by atoms with Crippen LogP contribution in [-0.2, 0) is 10.8 Å². The molecule has 7 nitrogen and oxygen atoms in total. The molecule has 0 radical (unpaired) electrons. The van der Waals surface area contributed by atoms with Crippen molar-refractivity contribution in [1.29, 1.82) is 0 Å². The summed E-state index contributed by atoms with van der Waals surface area (Å²) in [5.41, 5.74) is 23.7. The highest BCUT2D eigenvalue weighted by atomic mass is 32.1. The fraction of sp³-hybridized carbons (Fsp3) is 0.0698. The predicted octanol–water partition coefficient (Wildman–Crippen LogP) is 22.7. The molecule has 94 heavy (non-hydrogen) atoms. The van der Waals surface area contributed by atoms with Crippen molar-refractivity contribution in [3.05, 3.63) is 301 Å². The van der Waals surface area contributed by atoms with Gasteiger partial charge in [0.25, 0.3) is 0 Å². The minimum Gasteiger partial charge on any atom is -0.456 e. The topological polar surface area (TPSA) is 74.6 Å². The Labute approximate surface area is 546 Å². The minimum atomic E-state index is -0.220. The van der Waals surface area contributed by atoms with Crippen LogP contribution in [0.5, 0.6) is 0 Å². The molecule has 6 aromatic heterocycles. The zero-order valence-electron chi connectivity index (χ0n) is 52.1. The zero-order chi connectivity index (χ0) is 62.6. The van der Waals surface area contributed by atoms with Gasteiger partial charge in [-0.2, -0.15) is 0 Å². The first-order valence-electron chi connectivity index (χ1n) is 32.2. The number of thiophene rings is 1. The number of furan rings is 1. The van der Waals surface area contributed by atoms with Crippen molar-refractivity contribution in [1.82, 2.24) is 29.1 Å². The molecule has 2 aliphatic carbocycles. The van der Waals surface area contributed by atoms with Crippen molar-refractivity contribution >= 4 is 97.1 Å². The highest BCUT2D eigenvalue weighted by Crippen LogP contribution is 2.54. The van der Waals surface area contributed by atoms with E-state index in [0.717, 1.165) is 101 Å². The van der Waals surface area contributed by atoms with E-state index >= 15 is 0 Å². The molecule has 0 spiro atoms. The van der Waals surface area contributed by atoms with E-state index in [1.54, 1.807) is 0 Å². The van der Waals surface area contributed by atoms with Gasteiger partial charge in [-0.1, -0.05) is 234 Å². The number of hydrogen-bond donors (Lipinski definition) is 0. The van der Waals surface area contributed by atoms with Crippen molar-refractivity contribution in [2.75, 3.05) is 0 Å². The van der Waals surface area contributed by atoms with E-state index < -0.39 is 0 Å². The van der Waals surface area contributed by atoms with Gasteiger partial charge in [0.15, 0.2) is 11.6 Å². The molecule has 20 rings (SSSR count). The normalized spacial score (nSPS) is 13.5. The Kier molecular flexibility index (Phi) is 11.8. The van der Waals surface area contributed by atoms with Gasteiger partial charge < -0.3 is 13.6 Å². The Morgan fingerprint density at radius 1 is 0.298 bits per heavy atom. The molecule has 444 valence electrons. The fourth-order valence-corrected chi connectivity index (χ4v) is 16.7. The summed E-state index contributed by atoms with van der Waals surface area (Å²) in [6.45, 7) is 9.16. The third-order valence-electron chi connectivity index (χ3n) is 19.9. The number of rotatable bonds is 6. The molecule has 0 N–H and O–H groups in total. The van der Waals surface area contributed by atoms with Gasteiger partial charge in [0.2, 0.25) is 0 Å². The maximum absolute atomic E-state index is 6.35. The van der Waals surface area contributed by atoms with Gasteiger partial charge in [-0.3, -0.25) is 0 Å². The van der Waals surface area contributed by atoms with Gasteiger partial charge in [-0.25, -0.2) is 19.9 Å². The summed E-state index contributed by atoms with van der Waals surface area (Å²) in [7, 11) is 0. The lowest BCUT2D eigenvalue weighted by molar-refractivity contribution is 0.657. The summed E-state index contributed by atoms with van der Waals surface area (Å²) in [5.74, 6) is 1.46. The Morgan fingerprint density at radius 2 is 0.734 bits per heavy atom. The largest absolute Gasteiger partial charge is 0.456 e. The molecule has 0 fully saturated rings.